The minimum Gasteiger partial charge on any atom is -0.480 e. The molecule has 44 heavy (non-hydrogen) atoms. The summed E-state index contributed by atoms with van der Waals surface area (Å²) in [7, 11) is 0. The number of amides is 3. The number of benzene rings is 2. The van der Waals surface area contributed by atoms with Crippen LogP contribution in [0.3, 0.4) is 0 Å². The first-order chi connectivity index (χ1) is 21.0. The van der Waals surface area contributed by atoms with Gasteiger partial charge in [0.1, 0.15) is 18.1 Å². The normalized spacial score (nSPS) is 13.8. The molecule has 3 rings (SSSR count). The SMILES string of the molecule is CC(C)[C@H](NC(=O)[C@H](CCCNC(=N)N)NC(=O)[C@@H](N)Cc1ccccc1)C(=O)N[C@@H](Cc1c[nH]c2ccccc12)C(=O)O. The molecule has 0 aliphatic rings. The molecular formula is C31H42N8O5. The summed E-state index contributed by atoms with van der Waals surface area (Å²) in [5.41, 5.74) is 13.9. The maximum atomic E-state index is 13.5. The quantitative estimate of drug-likeness (QED) is 0.0640. The van der Waals surface area contributed by atoms with Crippen LogP contribution in [0.1, 0.15) is 37.8 Å². The number of aliphatic carboxylic acids is 1. The third kappa shape index (κ3) is 9.83. The number of aromatic amines is 1. The molecule has 0 aliphatic heterocycles. The number of fused-ring (bicyclic) bond motifs is 1. The summed E-state index contributed by atoms with van der Waals surface area (Å²) >= 11 is 0. The van der Waals surface area contributed by atoms with E-state index in [0.29, 0.717) is 6.42 Å². The van der Waals surface area contributed by atoms with E-state index in [1.165, 1.54) is 0 Å². The van der Waals surface area contributed by atoms with Gasteiger partial charge in [0, 0.05) is 30.1 Å². The molecule has 0 fully saturated rings. The van der Waals surface area contributed by atoms with Crippen molar-refractivity contribution in [3.63, 3.8) is 0 Å². The summed E-state index contributed by atoms with van der Waals surface area (Å²) in [5.74, 6) is -3.67. The zero-order chi connectivity index (χ0) is 32.2. The van der Waals surface area contributed by atoms with E-state index in [-0.39, 0.29) is 31.8 Å². The summed E-state index contributed by atoms with van der Waals surface area (Å²) in [6, 6.07) is 12.4. The van der Waals surface area contributed by atoms with Gasteiger partial charge in [-0.3, -0.25) is 19.8 Å². The lowest BCUT2D eigenvalue weighted by Gasteiger charge is -2.27. The number of hydrogen-bond acceptors (Lipinski definition) is 6. The molecule has 13 nitrogen and oxygen atoms in total. The van der Waals surface area contributed by atoms with Crippen molar-refractivity contribution < 1.29 is 24.3 Å². The second kappa shape index (κ2) is 16.1. The first-order valence-electron chi connectivity index (χ1n) is 14.5. The fraction of sp³-hybridized carbons (Fsp3) is 0.387. The molecule has 0 unspecified atom stereocenters. The molecule has 0 saturated heterocycles. The van der Waals surface area contributed by atoms with E-state index in [1.54, 1.807) is 20.0 Å². The van der Waals surface area contributed by atoms with E-state index < -0.39 is 53.8 Å². The van der Waals surface area contributed by atoms with Gasteiger partial charge < -0.3 is 42.8 Å². The Hall–Kier alpha value is -4.91. The highest BCUT2D eigenvalue weighted by atomic mass is 16.4. The van der Waals surface area contributed by atoms with Crippen LogP contribution in [0.15, 0.2) is 60.8 Å². The first-order valence-corrected chi connectivity index (χ1v) is 14.5. The monoisotopic (exact) mass is 606 g/mol. The number of aromatic nitrogens is 1. The van der Waals surface area contributed by atoms with Crippen LogP contribution in [0.4, 0.5) is 0 Å². The number of H-pyrrole nitrogens is 1. The molecule has 1 heterocycles. The lowest BCUT2D eigenvalue weighted by Crippen LogP contribution is -2.58. The number of carbonyl (C=O) groups excluding carboxylic acids is 3. The molecule has 236 valence electrons. The molecule has 0 aliphatic carbocycles. The molecule has 11 N–H and O–H groups in total. The van der Waals surface area contributed by atoms with Crippen LogP contribution in [0.5, 0.6) is 0 Å². The van der Waals surface area contributed by atoms with Crippen molar-refractivity contribution in [2.45, 2.75) is 63.7 Å². The lowest BCUT2D eigenvalue weighted by molar-refractivity contribution is -0.142. The van der Waals surface area contributed by atoms with Gasteiger partial charge in [-0.15, -0.1) is 0 Å². The molecule has 0 bridgehead atoms. The van der Waals surface area contributed by atoms with Gasteiger partial charge in [0.2, 0.25) is 17.7 Å². The maximum Gasteiger partial charge on any atom is 0.326 e. The first kappa shape index (κ1) is 33.6. The number of rotatable bonds is 16. The molecule has 0 radical (unpaired) electrons. The van der Waals surface area contributed by atoms with Crippen molar-refractivity contribution in [1.29, 1.82) is 5.41 Å². The van der Waals surface area contributed by atoms with E-state index >= 15 is 0 Å². The zero-order valence-corrected chi connectivity index (χ0v) is 24.9. The summed E-state index contributed by atoms with van der Waals surface area (Å²) in [6.45, 7) is 3.73. The van der Waals surface area contributed by atoms with Crippen molar-refractivity contribution in [1.82, 2.24) is 26.3 Å². The van der Waals surface area contributed by atoms with Crippen LogP contribution in [-0.2, 0) is 32.0 Å². The zero-order valence-electron chi connectivity index (χ0n) is 24.9. The average molecular weight is 607 g/mol. The van der Waals surface area contributed by atoms with Gasteiger partial charge in [0.05, 0.1) is 6.04 Å². The van der Waals surface area contributed by atoms with E-state index in [4.69, 9.17) is 16.9 Å². The van der Waals surface area contributed by atoms with Crippen LogP contribution in [0.2, 0.25) is 0 Å². The summed E-state index contributed by atoms with van der Waals surface area (Å²) in [6.07, 6.45) is 2.55. The number of para-hydroxylation sites is 1. The largest absolute Gasteiger partial charge is 0.480 e. The highest BCUT2D eigenvalue weighted by molar-refractivity contribution is 5.94. The Morgan fingerprint density at radius 2 is 1.55 bits per heavy atom. The molecule has 0 spiro atoms. The van der Waals surface area contributed by atoms with E-state index in [0.717, 1.165) is 22.0 Å². The number of guanidine groups is 1. The Labute approximate surface area is 256 Å². The number of hydrogen-bond donors (Lipinski definition) is 9. The van der Waals surface area contributed by atoms with Crippen molar-refractivity contribution in [3.05, 3.63) is 71.9 Å². The standard InChI is InChI=1S/C31H42N8O5/c1-18(2)26(29(42)38-25(30(43)44)16-20-17-36-23-12-7-6-11-21(20)23)39-28(41)24(13-8-14-35-31(33)34)37-27(40)22(32)15-19-9-4-3-5-10-19/h3-7,9-12,17-18,22,24-26,36H,8,13-16,32H2,1-2H3,(H,37,40)(H,38,42)(H,39,41)(H,43,44)(H4,33,34,35)/t22-,24-,25-,26-/m0/s1. The maximum absolute atomic E-state index is 13.5. The molecule has 0 saturated carbocycles. The lowest BCUT2D eigenvalue weighted by atomic mass is 10.00. The van der Waals surface area contributed by atoms with Crippen LogP contribution >= 0.6 is 0 Å². The Morgan fingerprint density at radius 1 is 0.886 bits per heavy atom. The smallest absolute Gasteiger partial charge is 0.326 e. The highest BCUT2D eigenvalue weighted by Gasteiger charge is 2.32. The van der Waals surface area contributed by atoms with Crippen LogP contribution in [-0.4, -0.2) is 70.5 Å². The minimum absolute atomic E-state index is 0.0327. The molecule has 13 heteroatoms. The van der Waals surface area contributed by atoms with Crippen molar-refractivity contribution >= 4 is 40.6 Å². The second-order valence-electron chi connectivity index (χ2n) is 11.0. The van der Waals surface area contributed by atoms with Gasteiger partial charge in [-0.1, -0.05) is 62.4 Å². The Bertz CT molecular complexity index is 1440. The van der Waals surface area contributed by atoms with Crippen molar-refractivity contribution in [2.24, 2.45) is 17.4 Å². The van der Waals surface area contributed by atoms with E-state index in [1.807, 2.05) is 54.6 Å². The molecule has 2 aromatic carbocycles. The van der Waals surface area contributed by atoms with Gasteiger partial charge in [0.15, 0.2) is 5.96 Å². The predicted octanol–water partition coefficient (Wildman–Crippen LogP) is 0.739. The van der Waals surface area contributed by atoms with Crippen molar-refractivity contribution in [3.8, 4) is 0 Å². The number of carboxylic acids is 1. The van der Waals surface area contributed by atoms with E-state index in [9.17, 15) is 24.3 Å². The third-order valence-corrected chi connectivity index (χ3v) is 7.21. The van der Waals surface area contributed by atoms with Gasteiger partial charge >= 0.3 is 5.97 Å². The molecule has 4 atom stereocenters. The summed E-state index contributed by atoms with van der Waals surface area (Å²) < 4.78 is 0. The fourth-order valence-corrected chi connectivity index (χ4v) is 4.81. The van der Waals surface area contributed by atoms with E-state index in [2.05, 4.69) is 26.3 Å². The van der Waals surface area contributed by atoms with Gasteiger partial charge in [0.25, 0.3) is 0 Å². The van der Waals surface area contributed by atoms with Crippen LogP contribution < -0.4 is 32.7 Å². The number of carboxylic acid groups (broad SMARTS) is 1. The van der Waals surface area contributed by atoms with Gasteiger partial charge in [-0.25, -0.2) is 4.79 Å². The number of nitrogens with one attached hydrogen (secondary N) is 6. The highest BCUT2D eigenvalue weighted by Crippen LogP contribution is 2.19. The summed E-state index contributed by atoms with van der Waals surface area (Å²) in [5, 5.41) is 28.7. The minimum atomic E-state index is -1.25. The molecule has 3 amide bonds. The average Bonchev–Trinajstić information content (AvgIpc) is 3.39. The number of nitrogens with two attached hydrogens (primary N) is 2. The van der Waals surface area contributed by atoms with Gasteiger partial charge in [-0.2, -0.15) is 0 Å². The Kier molecular flexibility index (Phi) is 12.3. The molecular weight excluding hydrogens is 564 g/mol. The summed E-state index contributed by atoms with van der Waals surface area (Å²) in [4.78, 5) is 55.1. The fourth-order valence-electron chi connectivity index (χ4n) is 4.81. The number of carbonyl (C=O) groups is 4. The second-order valence-corrected chi connectivity index (χ2v) is 11.0. The van der Waals surface area contributed by atoms with Crippen LogP contribution in [0, 0.1) is 11.3 Å². The van der Waals surface area contributed by atoms with Gasteiger partial charge in [-0.05, 0) is 42.4 Å². The predicted molar refractivity (Wildman–Crippen MR) is 168 cm³/mol. The van der Waals surface area contributed by atoms with Crippen molar-refractivity contribution in [2.75, 3.05) is 6.54 Å². The van der Waals surface area contributed by atoms with Crippen LogP contribution in [0.25, 0.3) is 10.9 Å². The molecule has 1 aromatic heterocycles. The Morgan fingerprint density at radius 3 is 2.20 bits per heavy atom. The Balaban J connectivity index is 1.70. The topological polar surface area (TPSA) is 228 Å². The molecule has 3 aromatic rings. The third-order valence-electron chi connectivity index (χ3n) is 7.21.